The fourth-order valence-electron chi connectivity index (χ4n) is 3.33. The Labute approximate surface area is 179 Å². The number of carbonyl (C=O) groups is 3. The van der Waals surface area contributed by atoms with Gasteiger partial charge in [0.05, 0.1) is 11.3 Å². The third kappa shape index (κ3) is 5.30. The first-order valence-electron chi connectivity index (χ1n) is 9.60. The van der Waals surface area contributed by atoms with Crippen LogP contribution in [0.1, 0.15) is 26.2 Å². The Balaban J connectivity index is 1.45. The van der Waals surface area contributed by atoms with Crippen LogP contribution >= 0.6 is 11.6 Å². The molecule has 9 nitrogen and oxygen atoms in total. The molecule has 11 heteroatoms. The number of nitrogens with zero attached hydrogens (tertiary/aromatic N) is 2. The van der Waals surface area contributed by atoms with Crippen molar-refractivity contribution in [2.75, 3.05) is 26.2 Å². The maximum absolute atomic E-state index is 12.7. The van der Waals surface area contributed by atoms with Gasteiger partial charge in [0.1, 0.15) is 6.10 Å². The third-order valence-corrected chi connectivity index (χ3v) is 7.15. The smallest absolute Gasteiger partial charge is 0.347 e. The van der Waals surface area contributed by atoms with Crippen LogP contribution in [0.15, 0.2) is 29.2 Å². The van der Waals surface area contributed by atoms with Crippen LogP contribution in [0, 0.1) is 0 Å². The van der Waals surface area contributed by atoms with Crippen molar-refractivity contribution in [3.05, 3.63) is 29.3 Å². The third-order valence-electron chi connectivity index (χ3n) is 4.99. The van der Waals surface area contributed by atoms with Crippen LogP contribution in [0.2, 0.25) is 5.02 Å². The number of esters is 2. The summed E-state index contributed by atoms with van der Waals surface area (Å²) < 4.78 is 36.7. The highest BCUT2D eigenvalue weighted by Crippen LogP contribution is 2.21. The molecule has 3 rings (SSSR count). The number of amides is 1. The normalized spacial score (nSPS) is 22.6. The van der Waals surface area contributed by atoms with Crippen LogP contribution in [-0.4, -0.2) is 73.9 Å². The second-order valence-electron chi connectivity index (χ2n) is 7.20. The summed E-state index contributed by atoms with van der Waals surface area (Å²) >= 11 is 5.81. The van der Waals surface area contributed by atoms with Gasteiger partial charge in [-0.05, 0) is 31.2 Å². The van der Waals surface area contributed by atoms with Crippen molar-refractivity contribution >= 4 is 39.5 Å². The average molecular weight is 459 g/mol. The van der Waals surface area contributed by atoms with E-state index in [2.05, 4.69) is 0 Å². The largest absolute Gasteiger partial charge is 0.460 e. The van der Waals surface area contributed by atoms with Gasteiger partial charge in [0.15, 0.2) is 0 Å². The van der Waals surface area contributed by atoms with Gasteiger partial charge in [0, 0.05) is 44.0 Å². The van der Waals surface area contributed by atoms with Crippen LogP contribution in [0.4, 0.5) is 0 Å². The first-order chi connectivity index (χ1) is 14.2. The fraction of sp³-hybridized carbons (Fsp3) is 0.526. The zero-order chi connectivity index (χ0) is 21.9. The standard InChI is InChI=1S/C19H23ClN2O7S/c1-13-12-16(19(25)28-13)29-18(24)7-6-17(23)21-8-10-22(11-9-21)30(26,27)15-4-2-14(20)3-5-15/h2-5,13,16H,6-12H2,1H3. The van der Waals surface area contributed by atoms with E-state index < -0.39 is 28.1 Å². The highest BCUT2D eigenvalue weighted by Gasteiger charge is 2.35. The molecular weight excluding hydrogens is 436 g/mol. The number of cyclic esters (lactones) is 1. The molecule has 1 aromatic carbocycles. The van der Waals surface area contributed by atoms with Crippen LogP contribution in [-0.2, 0) is 33.9 Å². The van der Waals surface area contributed by atoms with E-state index in [4.69, 9.17) is 21.1 Å². The molecular formula is C19H23ClN2O7S. The van der Waals surface area contributed by atoms with E-state index in [-0.39, 0.29) is 55.9 Å². The fourth-order valence-corrected chi connectivity index (χ4v) is 4.88. The van der Waals surface area contributed by atoms with Crippen LogP contribution in [0.5, 0.6) is 0 Å². The highest BCUT2D eigenvalue weighted by molar-refractivity contribution is 7.89. The minimum absolute atomic E-state index is 0.0694. The van der Waals surface area contributed by atoms with Crippen LogP contribution in [0.3, 0.4) is 0 Å². The molecule has 1 aromatic rings. The number of carbonyl (C=O) groups excluding carboxylic acids is 3. The zero-order valence-electron chi connectivity index (χ0n) is 16.5. The van der Waals surface area contributed by atoms with E-state index >= 15 is 0 Å². The van der Waals surface area contributed by atoms with E-state index in [0.717, 1.165) is 0 Å². The quantitative estimate of drug-likeness (QED) is 0.589. The maximum Gasteiger partial charge on any atom is 0.347 e. The molecule has 30 heavy (non-hydrogen) atoms. The maximum atomic E-state index is 12.7. The minimum Gasteiger partial charge on any atom is -0.460 e. The molecule has 0 aliphatic carbocycles. The van der Waals surface area contributed by atoms with Crippen molar-refractivity contribution in [3.63, 3.8) is 0 Å². The summed E-state index contributed by atoms with van der Waals surface area (Å²) in [6.45, 7) is 2.49. The van der Waals surface area contributed by atoms with Gasteiger partial charge in [-0.15, -0.1) is 0 Å². The zero-order valence-corrected chi connectivity index (χ0v) is 18.0. The molecule has 2 unspecified atom stereocenters. The van der Waals surface area contributed by atoms with Gasteiger partial charge >= 0.3 is 11.9 Å². The highest BCUT2D eigenvalue weighted by atomic mass is 35.5. The molecule has 0 spiro atoms. The van der Waals surface area contributed by atoms with Gasteiger partial charge in [0.2, 0.25) is 22.0 Å². The molecule has 2 aliphatic rings. The van der Waals surface area contributed by atoms with E-state index in [0.29, 0.717) is 11.4 Å². The van der Waals surface area contributed by atoms with Crippen molar-refractivity contribution in [1.82, 2.24) is 9.21 Å². The number of piperazine rings is 1. The topological polar surface area (TPSA) is 110 Å². The summed E-state index contributed by atoms with van der Waals surface area (Å²) in [5.74, 6) is -1.47. The van der Waals surface area contributed by atoms with Crippen LogP contribution in [0.25, 0.3) is 0 Å². The molecule has 0 bridgehead atoms. The molecule has 164 valence electrons. The van der Waals surface area contributed by atoms with Crippen molar-refractivity contribution < 1.29 is 32.3 Å². The van der Waals surface area contributed by atoms with Gasteiger partial charge < -0.3 is 14.4 Å². The molecule has 0 saturated carbocycles. The minimum atomic E-state index is -3.66. The van der Waals surface area contributed by atoms with Crippen molar-refractivity contribution in [2.45, 2.75) is 43.3 Å². The van der Waals surface area contributed by atoms with E-state index in [1.807, 2.05) is 0 Å². The Bertz CT molecular complexity index is 911. The number of hydrogen-bond donors (Lipinski definition) is 0. The van der Waals surface area contributed by atoms with E-state index in [9.17, 15) is 22.8 Å². The van der Waals surface area contributed by atoms with Gasteiger partial charge in [-0.1, -0.05) is 11.6 Å². The Morgan fingerprint density at radius 2 is 1.77 bits per heavy atom. The van der Waals surface area contributed by atoms with Gasteiger partial charge in [-0.2, -0.15) is 4.31 Å². The Morgan fingerprint density at radius 1 is 1.13 bits per heavy atom. The molecule has 2 saturated heterocycles. The van der Waals surface area contributed by atoms with E-state index in [1.54, 1.807) is 6.92 Å². The molecule has 0 radical (unpaired) electrons. The number of halogens is 1. The lowest BCUT2D eigenvalue weighted by Gasteiger charge is -2.34. The predicted octanol–water partition coefficient (Wildman–Crippen LogP) is 1.20. The summed E-state index contributed by atoms with van der Waals surface area (Å²) in [5.41, 5.74) is 0. The van der Waals surface area contributed by atoms with Crippen molar-refractivity contribution in [3.8, 4) is 0 Å². The SMILES string of the molecule is CC1CC(OC(=O)CCC(=O)N2CCN(S(=O)(=O)c3ccc(Cl)cc3)CC2)C(=O)O1. The monoisotopic (exact) mass is 458 g/mol. The molecule has 1 amide bonds. The Morgan fingerprint density at radius 3 is 2.33 bits per heavy atom. The van der Waals surface area contributed by atoms with Gasteiger partial charge in [-0.3, -0.25) is 9.59 Å². The van der Waals surface area contributed by atoms with Crippen molar-refractivity contribution in [1.29, 1.82) is 0 Å². The summed E-state index contributed by atoms with van der Waals surface area (Å²) in [7, 11) is -3.66. The number of hydrogen-bond acceptors (Lipinski definition) is 7. The molecule has 0 aromatic heterocycles. The molecule has 0 N–H and O–H groups in total. The summed E-state index contributed by atoms with van der Waals surface area (Å²) in [6, 6.07) is 5.92. The lowest BCUT2D eigenvalue weighted by Crippen LogP contribution is -2.50. The number of sulfonamides is 1. The molecule has 2 heterocycles. The molecule has 2 fully saturated rings. The Kier molecular flexibility index (Phi) is 6.99. The van der Waals surface area contributed by atoms with Crippen molar-refractivity contribution in [2.24, 2.45) is 0 Å². The number of benzene rings is 1. The second-order valence-corrected chi connectivity index (χ2v) is 9.57. The lowest BCUT2D eigenvalue weighted by atomic mass is 10.2. The summed E-state index contributed by atoms with van der Waals surface area (Å²) in [6.07, 6.45) is -1.12. The number of rotatable bonds is 6. The second kappa shape index (κ2) is 9.32. The Hall–Kier alpha value is -2.17. The van der Waals surface area contributed by atoms with E-state index in [1.165, 1.54) is 33.5 Å². The first-order valence-corrected chi connectivity index (χ1v) is 11.4. The molecule has 2 aliphatic heterocycles. The van der Waals surface area contributed by atoms with Crippen LogP contribution < -0.4 is 0 Å². The van der Waals surface area contributed by atoms with Gasteiger partial charge in [0.25, 0.3) is 0 Å². The number of ether oxygens (including phenoxy) is 2. The lowest BCUT2D eigenvalue weighted by molar-refractivity contribution is -0.161. The first kappa shape index (κ1) is 22.5. The predicted molar refractivity (Wildman–Crippen MR) is 106 cm³/mol. The summed E-state index contributed by atoms with van der Waals surface area (Å²) in [4.78, 5) is 37.4. The average Bonchev–Trinajstić information content (AvgIpc) is 3.03. The molecule has 2 atom stereocenters. The van der Waals surface area contributed by atoms with Gasteiger partial charge in [-0.25, -0.2) is 13.2 Å². The summed E-state index contributed by atoms with van der Waals surface area (Å²) in [5, 5.41) is 0.447.